The first-order valence-corrected chi connectivity index (χ1v) is 7.52. The lowest BCUT2D eigenvalue weighted by Crippen LogP contribution is -2.28. The van der Waals surface area contributed by atoms with Gasteiger partial charge in [-0.2, -0.15) is 4.98 Å². The summed E-state index contributed by atoms with van der Waals surface area (Å²) in [5.74, 6) is 1.26. The van der Waals surface area contributed by atoms with E-state index in [1.165, 1.54) is 12.5 Å². The van der Waals surface area contributed by atoms with Gasteiger partial charge in [0, 0.05) is 24.6 Å². The van der Waals surface area contributed by atoms with Crippen LogP contribution in [0, 0.1) is 0 Å². The third-order valence-electron chi connectivity index (χ3n) is 4.07. The Kier molecular flexibility index (Phi) is 3.42. The van der Waals surface area contributed by atoms with Crippen LogP contribution in [-0.4, -0.2) is 34.0 Å². The summed E-state index contributed by atoms with van der Waals surface area (Å²) < 4.78 is 10.3. The second-order valence-corrected chi connectivity index (χ2v) is 5.57. The predicted octanol–water partition coefficient (Wildman–Crippen LogP) is 2.96. The molecule has 0 saturated carbocycles. The SMILES string of the molecule is O=C(c1ccoc1)N1CCC(c2noc(-c3ccccc3)n2)C1. The molecule has 6 nitrogen and oxygen atoms in total. The van der Waals surface area contributed by atoms with Crippen LogP contribution >= 0.6 is 0 Å². The first kappa shape index (κ1) is 13.8. The molecule has 0 N–H and O–H groups in total. The van der Waals surface area contributed by atoms with E-state index in [2.05, 4.69) is 10.1 Å². The summed E-state index contributed by atoms with van der Waals surface area (Å²) in [7, 11) is 0. The number of furan rings is 1. The Balaban J connectivity index is 1.48. The Morgan fingerprint density at radius 1 is 1.22 bits per heavy atom. The van der Waals surface area contributed by atoms with Gasteiger partial charge in [0.2, 0.25) is 0 Å². The fourth-order valence-corrected chi connectivity index (χ4v) is 2.82. The fraction of sp³-hybridized carbons (Fsp3) is 0.235. The number of rotatable bonds is 3. The normalized spacial score (nSPS) is 17.6. The van der Waals surface area contributed by atoms with Gasteiger partial charge in [-0.25, -0.2) is 0 Å². The van der Waals surface area contributed by atoms with E-state index in [1.807, 2.05) is 30.3 Å². The zero-order valence-electron chi connectivity index (χ0n) is 12.4. The molecule has 0 aliphatic carbocycles. The van der Waals surface area contributed by atoms with Crippen molar-refractivity contribution in [3.63, 3.8) is 0 Å². The van der Waals surface area contributed by atoms with E-state index < -0.39 is 0 Å². The summed E-state index contributed by atoms with van der Waals surface area (Å²) in [6.45, 7) is 1.28. The smallest absolute Gasteiger partial charge is 0.257 e. The van der Waals surface area contributed by atoms with Gasteiger partial charge < -0.3 is 13.8 Å². The van der Waals surface area contributed by atoms with Gasteiger partial charge in [0.25, 0.3) is 11.8 Å². The minimum absolute atomic E-state index is 0.0203. The lowest BCUT2D eigenvalue weighted by atomic mass is 10.1. The Morgan fingerprint density at radius 2 is 2.09 bits per heavy atom. The maximum Gasteiger partial charge on any atom is 0.257 e. The van der Waals surface area contributed by atoms with Crippen LogP contribution in [0.25, 0.3) is 11.5 Å². The van der Waals surface area contributed by atoms with Crippen molar-refractivity contribution in [2.45, 2.75) is 12.3 Å². The molecule has 6 heteroatoms. The summed E-state index contributed by atoms with van der Waals surface area (Å²) >= 11 is 0. The van der Waals surface area contributed by atoms with Crippen LogP contribution in [0.2, 0.25) is 0 Å². The summed E-state index contributed by atoms with van der Waals surface area (Å²) in [5, 5.41) is 4.09. The molecule has 3 aromatic rings. The van der Waals surface area contributed by atoms with Gasteiger partial charge in [-0.05, 0) is 24.6 Å². The topological polar surface area (TPSA) is 72.4 Å². The van der Waals surface area contributed by atoms with E-state index in [1.54, 1.807) is 11.0 Å². The van der Waals surface area contributed by atoms with Crippen molar-refractivity contribution < 1.29 is 13.7 Å². The van der Waals surface area contributed by atoms with Gasteiger partial charge in [0.05, 0.1) is 11.8 Å². The van der Waals surface area contributed by atoms with E-state index in [-0.39, 0.29) is 11.8 Å². The summed E-state index contributed by atoms with van der Waals surface area (Å²) in [6, 6.07) is 11.3. The standard InChI is InChI=1S/C17H15N3O3/c21-17(14-7-9-22-11-14)20-8-6-13(10-20)15-18-16(23-19-15)12-4-2-1-3-5-12/h1-5,7,9,11,13H,6,8,10H2. The molecule has 116 valence electrons. The second-order valence-electron chi connectivity index (χ2n) is 5.57. The number of aromatic nitrogens is 2. The van der Waals surface area contributed by atoms with Gasteiger partial charge >= 0.3 is 0 Å². The van der Waals surface area contributed by atoms with E-state index in [4.69, 9.17) is 8.94 Å². The number of carbonyl (C=O) groups excluding carboxylic acids is 1. The molecule has 3 heterocycles. The van der Waals surface area contributed by atoms with E-state index >= 15 is 0 Å². The molecule has 1 aliphatic heterocycles. The maximum absolute atomic E-state index is 12.3. The predicted molar refractivity (Wildman–Crippen MR) is 81.7 cm³/mol. The minimum Gasteiger partial charge on any atom is -0.472 e. The van der Waals surface area contributed by atoms with Gasteiger partial charge in [0.1, 0.15) is 6.26 Å². The Labute approximate surface area is 132 Å². The number of likely N-dealkylation sites (tertiary alicyclic amines) is 1. The van der Waals surface area contributed by atoms with E-state index in [0.29, 0.717) is 30.4 Å². The Bertz CT molecular complexity index is 796. The largest absolute Gasteiger partial charge is 0.472 e. The van der Waals surface area contributed by atoms with Crippen LogP contribution in [0.1, 0.15) is 28.5 Å². The van der Waals surface area contributed by atoms with Crippen molar-refractivity contribution >= 4 is 5.91 Å². The number of hydrogen-bond donors (Lipinski definition) is 0. The van der Waals surface area contributed by atoms with Crippen molar-refractivity contribution in [3.8, 4) is 11.5 Å². The van der Waals surface area contributed by atoms with Crippen LogP contribution in [-0.2, 0) is 0 Å². The molecule has 1 unspecified atom stereocenters. The minimum atomic E-state index is -0.0203. The number of nitrogens with zero attached hydrogens (tertiary/aromatic N) is 3. The molecule has 1 aliphatic rings. The van der Waals surface area contributed by atoms with Crippen molar-refractivity contribution in [2.75, 3.05) is 13.1 Å². The van der Waals surface area contributed by atoms with Crippen molar-refractivity contribution in [2.24, 2.45) is 0 Å². The summed E-state index contributed by atoms with van der Waals surface area (Å²) in [6.07, 6.45) is 3.81. The van der Waals surface area contributed by atoms with E-state index in [9.17, 15) is 4.79 Å². The van der Waals surface area contributed by atoms with E-state index in [0.717, 1.165) is 12.0 Å². The Hall–Kier alpha value is -2.89. The maximum atomic E-state index is 12.3. The summed E-state index contributed by atoms with van der Waals surface area (Å²) in [5.41, 5.74) is 1.47. The zero-order valence-corrected chi connectivity index (χ0v) is 12.4. The van der Waals surface area contributed by atoms with Crippen molar-refractivity contribution in [1.29, 1.82) is 0 Å². The second kappa shape index (κ2) is 5.72. The molecule has 4 rings (SSSR count). The molecular weight excluding hydrogens is 294 g/mol. The number of amides is 1. The summed E-state index contributed by atoms with van der Waals surface area (Å²) in [4.78, 5) is 18.6. The molecule has 1 aromatic carbocycles. The highest BCUT2D eigenvalue weighted by molar-refractivity contribution is 5.94. The van der Waals surface area contributed by atoms with Crippen molar-refractivity contribution in [3.05, 3.63) is 60.3 Å². The van der Waals surface area contributed by atoms with Gasteiger partial charge in [-0.1, -0.05) is 23.4 Å². The molecule has 1 atom stereocenters. The molecule has 1 fully saturated rings. The number of hydrogen-bond acceptors (Lipinski definition) is 5. The van der Waals surface area contributed by atoms with Gasteiger partial charge in [-0.3, -0.25) is 4.79 Å². The molecule has 2 aromatic heterocycles. The van der Waals surface area contributed by atoms with Crippen LogP contribution in [0.5, 0.6) is 0 Å². The molecule has 0 radical (unpaired) electrons. The van der Waals surface area contributed by atoms with Gasteiger partial charge in [-0.15, -0.1) is 0 Å². The highest BCUT2D eigenvalue weighted by Crippen LogP contribution is 2.28. The first-order valence-electron chi connectivity index (χ1n) is 7.52. The van der Waals surface area contributed by atoms with Crippen LogP contribution < -0.4 is 0 Å². The molecule has 1 amide bonds. The Morgan fingerprint density at radius 3 is 2.87 bits per heavy atom. The monoisotopic (exact) mass is 309 g/mol. The highest BCUT2D eigenvalue weighted by atomic mass is 16.5. The highest BCUT2D eigenvalue weighted by Gasteiger charge is 2.31. The lowest BCUT2D eigenvalue weighted by molar-refractivity contribution is 0.0789. The van der Waals surface area contributed by atoms with Crippen LogP contribution in [0.3, 0.4) is 0 Å². The molecule has 1 saturated heterocycles. The fourth-order valence-electron chi connectivity index (χ4n) is 2.82. The molecule has 0 spiro atoms. The number of benzene rings is 1. The number of carbonyl (C=O) groups is 1. The van der Waals surface area contributed by atoms with Crippen LogP contribution in [0.4, 0.5) is 0 Å². The first-order chi connectivity index (χ1) is 11.3. The molecule has 0 bridgehead atoms. The van der Waals surface area contributed by atoms with Crippen LogP contribution in [0.15, 0.2) is 57.9 Å². The third-order valence-corrected chi connectivity index (χ3v) is 4.07. The molecular formula is C17H15N3O3. The average molecular weight is 309 g/mol. The van der Waals surface area contributed by atoms with Gasteiger partial charge in [0.15, 0.2) is 5.82 Å². The average Bonchev–Trinajstić information content (AvgIpc) is 3.35. The molecule has 23 heavy (non-hydrogen) atoms. The zero-order chi connectivity index (χ0) is 15.6. The quantitative estimate of drug-likeness (QED) is 0.743. The van der Waals surface area contributed by atoms with Crippen molar-refractivity contribution in [1.82, 2.24) is 15.0 Å². The lowest BCUT2D eigenvalue weighted by Gasteiger charge is -2.14. The third kappa shape index (κ3) is 2.63.